The molecule has 0 aliphatic heterocycles. The van der Waals surface area contributed by atoms with Crippen LogP contribution in [0.25, 0.3) is 0 Å². The number of hydrogen-bond donors (Lipinski definition) is 1. The van der Waals surface area contributed by atoms with Crippen molar-refractivity contribution in [3.8, 4) is 5.75 Å². The molecule has 1 heterocycles. The van der Waals surface area contributed by atoms with Gasteiger partial charge in [0.2, 0.25) is 0 Å². The molecular formula is C13H11ClFNO2. The fourth-order valence-electron chi connectivity index (χ4n) is 1.69. The van der Waals surface area contributed by atoms with Gasteiger partial charge < -0.3 is 9.84 Å². The van der Waals surface area contributed by atoms with E-state index in [4.69, 9.17) is 16.3 Å². The van der Waals surface area contributed by atoms with Crippen LogP contribution in [0.3, 0.4) is 0 Å². The first kappa shape index (κ1) is 12.8. The number of aliphatic hydroxyl groups is 1. The average molecular weight is 268 g/mol. The van der Waals surface area contributed by atoms with E-state index in [-0.39, 0.29) is 16.3 Å². The highest BCUT2D eigenvalue weighted by atomic mass is 35.5. The summed E-state index contributed by atoms with van der Waals surface area (Å²) in [5.74, 6) is -0.202. The second-order valence-corrected chi connectivity index (χ2v) is 4.04. The third kappa shape index (κ3) is 2.30. The maximum absolute atomic E-state index is 13.7. The maximum Gasteiger partial charge on any atom is 0.143 e. The summed E-state index contributed by atoms with van der Waals surface area (Å²) in [6.45, 7) is 0. The molecule has 0 spiro atoms. The van der Waals surface area contributed by atoms with Crippen LogP contribution in [0.4, 0.5) is 4.39 Å². The van der Waals surface area contributed by atoms with Crippen molar-refractivity contribution in [3.63, 3.8) is 0 Å². The topological polar surface area (TPSA) is 42.4 Å². The minimum Gasteiger partial charge on any atom is -0.495 e. The van der Waals surface area contributed by atoms with Gasteiger partial charge in [-0.1, -0.05) is 17.7 Å². The van der Waals surface area contributed by atoms with Crippen molar-refractivity contribution in [1.82, 2.24) is 4.98 Å². The minimum absolute atomic E-state index is 0.00355. The molecule has 1 aromatic carbocycles. The standard InChI is InChI=1S/C13H11ClFNO2/c1-18-10-6-3-7-16-12(10)13(17)11-8(14)4-2-5-9(11)15/h2-7,13,17H,1H3. The van der Waals surface area contributed by atoms with E-state index >= 15 is 0 Å². The van der Waals surface area contributed by atoms with Crippen molar-refractivity contribution in [1.29, 1.82) is 0 Å². The van der Waals surface area contributed by atoms with Gasteiger partial charge in [-0.15, -0.1) is 0 Å². The zero-order valence-electron chi connectivity index (χ0n) is 9.60. The van der Waals surface area contributed by atoms with Crippen LogP contribution in [0.1, 0.15) is 17.4 Å². The summed E-state index contributed by atoms with van der Waals surface area (Å²) in [5, 5.41) is 10.3. The Labute approximate surface area is 109 Å². The third-order valence-electron chi connectivity index (χ3n) is 2.55. The molecule has 1 atom stereocenters. The summed E-state index contributed by atoms with van der Waals surface area (Å²) >= 11 is 5.90. The molecule has 0 fully saturated rings. The number of ether oxygens (including phenoxy) is 1. The van der Waals surface area contributed by atoms with Crippen molar-refractivity contribution >= 4 is 11.6 Å². The highest BCUT2D eigenvalue weighted by Crippen LogP contribution is 2.33. The number of aliphatic hydroxyl groups excluding tert-OH is 1. The van der Waals surface area contributed by atoms with Crippen LogP contribution in [0.15, 0.2) is 36.5 Å². The lowest BCUT2D eigenvalue weighted by molar-refractivity contribution is 0.204. The number of nitrogens with zero attached hydrogens (tertiary/aromatic N) is 1. The molecule has 0 amide bonds. The predicted octanol–water partition coefficient (Wildman–Crippen LogP) is 2.96. The van der Waals surface area contributed by atoms with Crippen molar-refractivity contribution in [2.24, 2.45) is 0 Å². The summed E-state index contributed by atoms with van der Waals surface area (Å²) < 4.78 is 18.8. The monoisotopic (exact) mass is 267 g/mol. The molecule has 0 aliphatic rings. The highest BCUT2D eigenvalue weighted by Gasteiger charge is 2.22. The molecule has 1 aromatic heterocycles. The molecule has 0 saturated carbocycles. The second kappa shape index (κ2) is 5.33. The van der Waals surface area contributed by atoms with Gasteiger partial charge in [0.1, 0.15) is 23.4 Å². The SMILES string of the molecule is COc1cccnc1C(O)c1c(F)cccc1Cl. The quantitative estimate of drug-likeness (QED) is 0.930. The molecule has 1 unspecified atom stereocenters. The Kier molecular flexibility index (Phi) is 3.79. The van der Waals surface area contributed by atoms with Crippen LogP contribution in [-0.4, -0.2) is 17.2 Å². The van der Waals surface area contributed by atoms with E-state index in [2.05, 4.69) is 4.98 Å². The van der Waals surface area contributed by atoms with Crippen LogP contribution in [0, 0.1) is 5.82 Å². The van der Waals surface area contributed by atoms with Crippen LogP contribution < -0.4 is 4.74 Å². The Bertz CT molecular complexity index is 542. The maximum atomic E-state index is 13.7. The van der Waals surface area contributed by atoms with Gasteiger partial charge in [-0.2, -0.15) is 0 Å². The fraction of sp³-hybridized carbons (Fsp3) is 0.154. The lowest BCUT2D eigenvalue weighted by Gasteiger charge is -2.15. The van der Waals surface area contributed by atoms with E-state index in [0.717, 1.165) is 0 Å². The van der Waals surface area contributed by atoms with E-state index in [1.807, 2.05) is 0 Å². The third-order valence-corrected chi connectivity index (χ3v) is 2.88. The molecule has 5 heteroatoms. The normalized spacial score (nSPS) is 12.2. The lowest BCUT2D eigenvalue weighted by Crippen LogP contribution is -2.07. The Morgan fingerprint density at radius 3 is 2.78 bits per heavy atom. The molecule has 3 nitrogen and oxygen atoms in total. The van der Waals surface area contributed by atoms with Crippen molar-refractivity contribution in [3.05, 3.63) is 58.6 Å². The Morgan fingerprint density at radius 1 is 1.33 bits per heavy atom. The molecule has 1 N–H and O–H groups in total. The molecule has 18 heavy (non-hydrogen) atoms. The van der Waals surface area contributed by atoms with Gasteiger partial charge in [-0.3, -0.25) is 4.98 Å². The van der Waals surface area contributed by atoms with Gasteiger partial charge in [0.05, 0.1) is 7.11 Å². The smallest absolute Gasteiger partial charge is 0.143 e. The molecule has 2 aromatic rings. The zero-order chi connectivity index (χ0) is 13.1. The van der Waals surface area contributed by atoms with E-state index < -0.39 is 11.9 Å². The summed E-state index contributed by atoms with van der Waals surface area (Å²) in [4.78, 5) is 4.01. The molecule has 0 bridgehead atoms. The molecule has 0 radical (unpaired) electrons. The Balaban J connectivity index is 2.51. The predicted molar refractivity (Wildman–Crippen MR) is 66.3 cm³/mol. The molecule has 0 aliphatic carbocycles. The number of benzene rings is 1. The largest absolute Gasteiger partial charge is 0.495 e. The lowest BCUT2D eigenvalue weighted by atomic mass is 10.0. The number of rotatable bonds is 3. The number of aromatic nitrogens is 1. The summed E-state index contributed by atoms with van der Waals surface area (Å²) in [7, 11) is 1.45. The zero-order valence-corrected chi connectivity index (χ0v) is 10.4. The molecule has 2 rings (SSSR count). The summed E-state index contributed by atoms with van der Waals surface area (Å²) in [6.07, 6.45) is 0.227. The van der Waals surface area contributed by atoms with Gasteiger partial charge in [-0.05, 0) is 24.3 Å². The number of pyridine rings is 1. The van der Waals surface area contributed by atoms with Gasteiger partial charge in [0, 0.05) is 16.8 Å². The van der Waals surface area contributed by atoms with Gasteiger partial charge in [0.15, 0.2) is 0 Å². The Hall–Kier alpha value is -1.65. The average Bonchev–Trinajstić information content (AvgIpc) is 2.38. The van der Waals surface area contributed by atoms with Crippen LogP contribution in [0.2, 0.25) is 5.02 Å². The molecular weight excluding hydrogens is 257 g/mol. The molecule has 94 valence electrons. The highest BCUT2D eigenvalue weighted by molar-refractivity contribution is 6.31. The van der Waals surface area contributed by atoms with Crippen molar-refractivity contribution in [2.75, 3.05) is 7.11 Å². The number of hydrogen-bond acceptors (Lipinski definition) is 3. The van der Waals surface area contributed by atoms with E-state index in [0.29, 0.717) is 5.75 Å². The second-order valence-electron chi connectivity index (χ2n) is 3.63. The first-order valence-corrected chi connectivity index (χ1v) is 5.64. The first-order valence-electron chi connectivity index (χ1n) is 5.26. The Morgan fingerprint density at radius 2 is 2.11 bits per heavy atom. The van der Waals surface area contributed by atoms with Crippen LogP contribution in [-0.2, 0) is 0 Å². The van der Waals surface area contributed by atoms with E-state index in [9.17, 15) is 9.50 Å². The van der Waals surface area contributed by atoms with E-state index in [1.165, 1.54) is 31.5 Å². The van der Waals surface area contributed by atoms with Crippen molar-refractivity contribution in [2.45, 2.75) is 6.10 Å². The van der Waals surface area contributed by atoms with Crippen molar-refractivity contribution < 1.29 is 14.2 Å². The van der Waals surface area contributed by atoms with Gasteiger partial charge in [-0.25, -0.2) is 4.39 Å². The number of methoxy groups -OCH3 is 1. The number of halogens is 2. The first-order chi connectivity index (χ1) is 8.65. The minimum atomic E-state index is -1.27. The van der Waals surface area contributed by atoms with E-state index in [1.54, 1.807) is 12.1 Å². The summed E-state index contributed by atoms with van der Waals surface area (Å²) in [6, 6.07) is 7.53. The van der Waals surface area contributed by atoms with Gasteiger partial charge >= 0.3 is 0 Å². The summed E-state index contributed by atoms with van der Waals surface area (Å²) in [5.41, 5.74) is 0.225. The fourth-order valence-corrected chi connectivity index (χ4v) is 1.96. The van der Waals surface area contributed by atoms with Crippen LogP contribution >= 0.6 is 11.6 Å². The van der Waals surface area contributed by atoms with Gasteiger partial charge in [0.25, 0.3) is 0 Å². The van der Waals surface area contributed by atoms with Crippen LogP contribution in [0.5, 0.6) is 5.75 Å². The molecule has 0 saturated heterocycles.